The number of nitrogens with zero attached hydrogens (tertiary/aromatic N) is 1. The van der Waals surface area contributed by atoms with Crippen LogP contribution in [0.25, 0.3) is 0 Å². The molecule has 0 amide bonds. The van der Waals surface area contributed by atoms with Crippen LogP contribution in [0.5, 0.6) is 0 Å². The van der Waals surface area contributed by atoms with Gasteiger partial charge in [0.25, 0.3) is 0 Å². The van der Waals surface area contributed by atoms with Crippen LogP contribution < -0.4 is 5.32 Å². The lowest BCUT2D eigenvalue weighted by atomic mass is 10.4. The van der Waals surface area contributed by atoms with E-state index in [2.05, 4.69) is 10.2 Å². The van der Waals surface area contributed by atoms with Gasteiger partial charge in [-0.2, -0.15) is 0 Å². The molecule has 0 aromatic heterocycles. The lowest BCUT2D eigenvalue weighted by molar-refractivity contribution is -0.0198. The molecule has 0 aliphatic carbocycles. The topological polar surface area (TPSA) is 89.1 Å². The van der Waals surface area contributed by atoms with Crippen molar-refractivity contribution < 1.29 is 37.9 Å². The van der Waals surface area contributed by atoms with Crippen LogP contribution in [0.2, 0.25) is 0 Å². The predicted molar refractivity (Wildman–Crippen MR) is 119 cm³/mol. The first-order valence-corrected chi connectivity index (χ1v) is 11.2. The number of hydrogen-bond acceptors (Lipinski definition) is 10. The maximum Gasteiger partial charge on any atom is 0.0701 e. The fraction of sp³-hybridized carbons (Fsp3) is 1.00. The Morgan fingerprint density at radius 2 is 0.806 bits per heavy atom. The molecule has 0 radical (unpaired) electrons. The summed E-state index contributed by atoms with van der Waals surface area (Å²) in [6.45, 7) is 11.9. The average Bonchev–Trinajstić information content (AvgIpc) is 2.79. The van der Waals surface area contributed by atoms with Gasteiger partial charge in [-0.25, -0.2) is 0 Å². The zero-order valence-electron chi connectivity index (χ0n) is 19.9. The molecule has 0 atom stereocenters. The molecule has 10 nitrogen and oxygen atoms in total. The Balaban J connectivity index is 3.20. The summed E-state index contributed by atoms with van der Waals surface area (Å²) in [5, 5.41) is 3.16. The van der Waals surface area contributed by atoms with Gasteiger partial charge in [0, 0.05) is 40.4 Å². The van der Waals surface area contributed by atoms with Crippen LogP contribution in [-0.4, -0.2) is 145 Å². The van der Waals surface area contributed by atoms with E-state index in [1.165, 1.54) is 0 Å². The highest BCUT2D eigenvalue weighted by molar-refractivity contribution is 4.58. The van der Waals surface area contributed by atoms with Crippen molar-refractivity contribution in [3.63, 3.8) is 0 Å². The van der Waals surface area contributed by atoms with Crippen molar-refractivity contribution in [1.82, 2.24) is 10.2 Å². The summed E-state index contributed by atoms with van der Waals surface area (Å²) in [5.74, 6) is 0. The van der Waals surface area contributed by atoms with Crippen molar-refractivity contribution in [3.05, 3.63) is 0 Å². The highest BCUT2D eigenvalue weighted by Gasteiger charge is 2.03. The molecular weight excluding hydrogens is 408 g/mol. The number of methoxy groups -OCH3 is 2. The van der Waals surface area contributed by atoms with E-state index in [9.17, 15) is 0 Å². The Kier molecular flexibility index (Phi) is 27.3. The molecular formula is C21H46N2O8. The normalized spacial score (nSPS) is 11.6. The molecule has 0 saturated carbocycles. The van der Waals surface area contributed by atoms with Gasteiger partial charge in [-0.1, -0.05) is 0 Å². The maximum atomic E-state index is 5.63. The Hall–Kier alpha value is -0.400. The highest BCUT2D eigenvalue weighted by Crippen LogP contribution is 1.90. The lowest BCUT2D eigenvalue weighted by Crippen LogP contribution is -2.36. The fourth-order valence-corrected chi connectivity index (χ4v) is 2.36. The van der Waals surface area contributed by atoms with Crippen LogP contribution >= 0.6 is 0 Å². The van der Waals surface area contributed by atoms with E-state index in [0.717, 1.165) is 32.8 Å². The SMILES string of the molecule is CNCCN(CCOC)CCOCCOCCOCCOCCOCCOCCOC. The Morgan fingerprint density at radius 3 is 1.19 bits per heavy atom. The first kappa shape index (κ1) is 30.6. The molecule has 0 spiro atoms. The van der Waals surface area contributed by atoms with Crippen molar-refractivity contribution >= 4 is 0 Å². The number of rotatable bonds is 27. The van der Waals surface area contributed by atoms with Crippen molar-refractivity contribution in [2.24, 2.45) is 0 Å². The van der Waals surface area contributed by atoms with Gasteiger partial charge in [-0.3, -0.25) is 4.90 Å². The van der Waals surface area contributed by atoms with Gasteiger partial charge in [-0.05, 0) is 7.05 Å². The van der Waals surface area contributed by atoms with Crippen LogP contribution in [0.15, 0.2) is 0 Å². The van der Waals surface area contributed by atoms with Crippen molar-refractivity contribution in [1.29, 1.82) is 0 Å². The quantitative estimate of drug-likeness (QED) is 0.170. The number of likely N-dealkylation sites (N-methyl/N-ethyl adjacent to an activating group) is 1. The van der Waals surface area contributed by atoms with Crippen LogP contribution in [0.3, 0.4) is 0 Å². The van der Waals surface area contributed by atoms with E-state index in [0.29, 0.717) is 85.9 Å². The molecule has 0 aromatic rings. The zero-order valence-corrected chi connectivity index (χ0v) is 19.9. The molecule has 0 bridgehead atoms. The summed E-state index contributed by atoms with van der Waals surface area (Å²) >= 11 is 0. The second-order valence-electron chi connectivity index (χ2n) is 6.61. The molecule has 0 fully saturated rings. The minimum absolute atomic E-state index is 0.546. The molecule has 0 rings (SSSR count). The largest absolute Gasteiger partial charge is 0.383 e. The van der Waals surface area contributed by atoms with Crippen LogP contribution in [0.4, 0.5) is 0 Å². The summed E-state index contributed by atoms with van der Waals surface area (Å²) in [6, 6.07) is 0. The second-order valence-corrected chi connectivity index (χ2v) is 6.61. The standard InChI is InChI=1S/C21H46N2O8/c1-22-4-5-23(6-8-24-2)7-9-26-12-13-28-16-17-30-20-21-31-19-18-29-15-14-27-11-10-25-3/h22H,4-21H2,1-3H3. The van der Waals surface area contributed by atoms with E-state index in [1.807, 2.05) is 7.05 Å². The monoisotopic (exact) mass is 454 g/mol. The van der Waals surface area contributed by atoms with Gasteiger partial charge < -0.3 is 43.2 Å². The number of ether oxygens (including phenoxy) is 8. The molecule has 0 aromatic carbocycles. The van der Waals surface area contributed by atoms with E-state index in [1.54, 1.807) is 14.2 Å². The third kappa shape index (κ3) is 25.7. The first-order valence-electron chi connectivity index (χ1n) is 11.2. The van der Waals surface area contributed by atoms with Gasteiger partial charge in [0.15, 0.2) is 0 Å². The summed E-state index contributed by atoms with van der Waals surface area (Å²) in [6.07, 6.45) is 0. The van der Waals surface area contributed by atoms with Gasteiger partial charge in [0.1, 0.15) is 0 Å². The highest BCUT2D eigenvalue weighted by atomic mass is 16.6. The van der Waals surface area contributed by atoms with E-state index >= 15 is 0 Å². The maximum absolute atomic E-state index is 5.63. The van der Waals surface area contributed by atoms with E-state index < -0.39 is 0 Å². The van der Waals surface area contributed by atoms with Crippen molar-refractivity contribution in [3.8, 4) is 0 Å². The molecule has 0 unspecified atom stereocenters. The Morgan fingerprint density at radius 1 is 0.452 bits per heavy atom. The molecule has 10 heteroatoms. The van der Waals surface area contributed by atoms with Crippen LogP contribution in [0.1, 0.15) is 0 Å². The summed E-state index contributed by atoms with van der Waals surface area (Å²) in [5.41, 5.74) is 0. The van der Waals surface area contributed by atoms with Gasteiger partial charge in [0.2, 0.25) is 0 Å². The van der Waals surface area contributed by atoms with Crippen molar-refractivity contribution in [2.75, 3.05) is 140 Å². The smallest absolute Gasteiger partial charge is 0.0701 e. The third-order valence-electron chi connectivity index (χ3n) is 4.13. The van der Waals surface area contributed by atoms with Crippen LogP contribution in [0, 0.1) is 0 Å². The molecule has 0 aliphatic heterocycles. The molecule has 0 heterocycles. The van der Waals surface area contributed by atoms with E-state index in [4.69, 9.17) is 37.9 Å². The predicted octanol–water partition coefficient (Wildman–Crippen LogP) is -0.0998. The van der Waals surface area contributed by atoms with Gasteiger partial charge >= 0.3 is 0 Å². The van der Waals surface area contributed by atoms with E-state index in [-0.39, 0.29) is 0 Å². The average molecular weight is 455 g/mol. The summed E-state index contributed by atoms with van der Waals surface area (Å²) < 4.78 is 42.7. The third-order valence-corrected chi connectivity index (χ3v) is 4.13. The minimum Gasteiger partial charge on any atom is -0.383 e. The molecule has 31 heavy (non-hydrogen) atoms. The first-order chi connectivity index (χ1) is 15.3. The number of nitrogens with one attached hydrogen (secondary N) is 1. The fourth-order valence-electron chi connectivity index (χ4n) is 2.36. The molecule has 0 saturated heterocycles. The zero-order chi connectivity index (χ0) is 22.7. The van der Waals surface area contributed by atoms with Gasteiger partial charge in [0.05, 0.1) is 92.5 Å². The molecule has 0 aliphatic rings. The second kappa shape index (κ2) is 27.6. The Bertz CT molecular complexity index is 322. The molecule has 188 valence electrons. The molecule has 1 N–H and O–H groups in total. The van der Waals surface area contributed by atoms with Gasteiger partial charge in [-0.15, -0.1) is 0 Å². The van der Waals surface area contributed by atoms with Crippen LogP contribution in [-0.2, 0) is 37.9 Å². The summed E-state index contributed by atoms with van der Waals surface area (Å²) in [7, 11) is 5.33. The number of hydrogen-bond donors (Lipinski definition) is 1. The Labute approximate surface area is 188 Å². The summed E-state index contributed by atoms with van der Waals surface area (Å²) in [4.78, 5) is 2.32. The minimum atomic E-state index is 0.546. The lowest BCUT2D eigenvalue weighted by Gasteiger charge is -2.21. The van der Waals surface area contributed by atoms with Crippen molar-refractivity contribution in [2.45, 2.75) is 0 Å².